The highest BCUT2D eigenvalue weighted by molar-refractivity contribution is 14.0. The van der Waals surface area contributed by atoms with Crippen LogP contribution in [0.2, 0.25) is 0 Å². The third-order valence-electron chi connectivity index (χ3n) is 3.78. The van der Waals surface area contributed by atoms with Crippen molar-refractivity contribution in [2.75, 3.05) is 20.6 Å². The summed E-state index contributed by atoms with van der Waals surface area (Å²) in [7, 11) is 5.55. The molecule has 0 unspecified atom stereocenters. The lowest BCUT2D eigenvalue weighted by Gasteiger charge is -2.21. The van der Waals surface area contributed by atoms with Gasteiger partial charge in [0.05, 0.1) is 18.7 Å². The summed E-state index contributed by atoms with van der Waals surface area (Å²) in [6, 6.07) is 8.98. The van der Waals surface area contributed by atoms with Gasteiger partial charge in [-0.05, 0) is 30.3 Å². The van der Waals surface area contributed by atoms with E-state index in [1.54, 1.807) is 13.1 Å². The molecule has 0 aliphatic rings. The van der Waals surface area contributed by atoms with Gasteiger partial charge in [0.1, 0.15) is 0 Å². The van der Waals surface area contributed by atoms with Gasteiger partial charge in [-0.3, -0.25) is 4.99 Å². The fourth-order valence-corrected chi connectivity index (χ4v) is 2.41. The summed E-state index contributed by atoms with van der Waals surface area (Å²) in [6.45, 7) is 0.949. The smallest absolute Gasteiger partial charge is 0.353 e. The minimum Gasteiger partial charge on any atom is -0.353 e. The predicted molar refractivity (Wildman–Crippen MR) is 112 cm³/mol. The maximum Gasteiger partial charge on any atom is 0.416 e. The van der Waals surface area contributed by atoms with Gasteiger partial charge in [-0.25, -0.2) is 0 Å². The first-order chi connectivity index (χ1) is 12.3. The Labute approximate surface area is 174 Å². The number of alkyl halides is 3. The summed E-state index contributed by atoms with van der Waals surface area (Å²) < 4.78 is 40.1. The molecule has 1 aromatic heterocycles. The average molecular weight is 490 g/mol. The first kappa shape index (κ1) is 22.9. The van der Waals surface area contributed by atoms with Crippen molar-refractivity contribution in [3.05, 3.63) is 59.4 Å². The van der Waals surface area contributed by atoms with E-state index in [4.69, 9.17) is 0 Å². The Balaban J connectivity index is 0.00000364. The third kappa shape index (κ3) is 6.82. The first-order valence-electron chi connectivity index (χ1n) is 7.99. The van der Waals surface area contributed by atoms with Gasteiger partial charge in [0.2, 0.25) is 0 Å². The van der Waals surface area contributed by atoms with Gasteiger partial charge in [-0.15, -0.1) is 24.0 Å². The van der Waals surface area contributed by atoms with Crippen LogP contribution in [-0.2, 0) is 19.8 Å². The van der Waals surface area contributed by atoms with Gasteiger partial charge in [-0.2, -0.15) is 13.2 Å². The normalized spacial score (nSPS) is 11.3. The molecule has 0 aliphatic carbocycles. The van der Waals surface area contributed by atoms with Crippen LogP contribution in [0.1, 0.15) is 16.8 Å². The molecule has 0 radical (unpaired) electrons. The van der Waals surface area contributed by atoms with E-state index >= 15 is 0 Å². The van der Waals surface area contributed by atoms with Crippen LogP contribution in [0.3, 0.4) is 0 Å². The number of nitrogens with one attached hydrogen (secondary N) is 1. The van der Waals surface area contributed by atoms with Crippen molar-refractivity contribution >= 4 is 29.9 Å². The zero-order chi connectivity index (χ0) is 19.2. The Morgan fingerprint density at radius 1 is 1.26 bits per heavy atom. The molecule has 0 aliphatic heterocycles. The van der Waals surface area contributed by atoms with Crippen LogP contribution in [0.15, 0.2) is 47.6 Å². The molecule has 0 spiro atoms. The van der Waals surface area contributed by atoms with E-state index in [1.165, 1.54) is 6.07 Å². The molecule has 1 aromatic carbocycles. The van der Waals surface area contributed by atoms with Gasteiger partial charge >= 0.3 is 6.18 Å². The number of aryl methyl sites for hydroxylation is 1. The highest BCUT2D eigenvalue weighted by atomic mass is 127. The van der Waals surface area contributed by atoms with Crippen molar-refractivity contribution in [2.24, 2.45) is 12.0 Å². The molecule has 0 saturated heterocycles. The molecule has 1 N–H and O–H groups in total. The summed E-state index contributed by atoms with van der Waals surface area (Å²) in [4.78, 5) is 6.14. The fourth-order valence-electron chi connectivity index (χ4n) is 2.41. The minimum absolute atomic E-state index is 0. The van der Waals surface area contributed by atoms with Crippen molar-refractivity contribution in [3.63, 3.8) is 0 Å². The summed E-state index contributed by atoms with van der Waals surface area (Å²) in [5.41, 5.74) is 0.759. The van der Waals surface area contributed by atoms with Crippen molar-refractivity contribution < 1.29 is 13.2 Å². The lowest BCUT2D eigenvalue weighted by atomic mass is 10.1. The molecular formula is C19H22F3IN4. The topological polar surface area (TPSA) is 32.6 Å². The lowest BCUT2D eigenvalue weighted by Crippen LogP contribution is -2.38. The number of benzene rings is 1. The van der Waals surface area contributed by atoms with Gasteiger partial charge < -0.3 is 14.8 Å². The molecule has 8 heteroatoms. The van der Waals surface area contributed by atoms with E-state index in [0.717, 1.165) is 17.8 Å². The Kier molecular flexibility index (Phi) is 8.69. The molecule has 27 heavy (non-hydrogen) atoms. The molecule has 0 fully saturated rings. The highest BCUT2D eigenvalue weighted by Crippen LogP contribution is 2.29. The number of aromatic nitrogens is 1. The second kappa shape index (κ2) is 10.3. The van der Waals surface area contributed by atoms with E-state index in [0.29, 0.717) is 18.1 Å². The molecule has 0 bridgehead atoms. The number of halogens is 4. The van der Waals surface area contributed by atoms with E-state index in [9.17, 15) is 13.2 Å². The summed E-state index contributed by atoms with van der Waals surface area (Å²) in [5.74, 6) is 6.23. The molecule has 0 atom stereocenters. The minimum atomic E-state index is -4.36. The van der Waals surface area contributed by atoms with E-state index < -0.39 is 11.7 Å². The Bertz CT molecular complexity index is 831. The maximum atomic E-state index is 12.7. The second-order valence-electron chi connectivity index (χ2n) is 5.75. The Morgan fingerprint density at radius 2 is 2.00 bits per heavy atom. The monoisotopic (exact) mass is 490 g/mol. The van der Waals surface area contributed by atoms with Crippen LogP contribution < -0.4 is 5.32 Å². The molecule has 2 rings (SSSR count). The second-order valence-corrected chi connectivity index (χ2v) is 5.75. The molecule has 2 aromatic rings. The van der Waals surface area contributed by atoms with Crippen molar-refractivity contribution in [1.82, 2.24) is 14.8 Å². The van der Waals surface area contributed by atoms with Gasteiger partial charge in [0, 0.05) is 38.6 Å². The summed E-state index contributed by atoms with van der Waals surface area (Å²) >= 11 is 0. The lowest BCUT2D eigenvalue weighted by molar-refractivity contribution is -0.137. The molecule has 146 valence electrons. The van der Waals surface area contributed by atoms with Crippen LogP contribution in [0, 0.1) is 11.8 Å². The van der Waals surface area contributed by atoms with Crippen LogP contribution in [-0.4, -0.2) is 36.1 Å². The first-order valence-corrected chi connectivity index (χ1v) is 7.99. The van der Waals surface area contributed by atoms with Crippen molar-refractivity contribution in [1.29, 1.82) is 0 Å². The summed E-state index contributed by atoms with van der Waals surface area (Å²) in [5, 5.41) is 3.09. The third-order valence-corrected chi connectivity index (χ3v) is 3.78. The Morgan fingerprint density at radius 3 is 2.59 bits per heavy atom. The molecule has 4 nitrogen and oxygen atoms in total. The number of aliphatic imine (C=N–C) groups is 1. The van der Waals surface area contributed by atoms with Gasteiger partial charge in [-0.1, -0.05) is 17.9 Å². The molecule has 0 amide bonds. The van der Waals surface area contributed by atoms with E-state index in [2.05, 4.69) is 22.2 Å². The number of guanidine groups is 1. The van der Waals surface area contributed by atoms with Crippen molar-refractivity contribution in [3.8, 4) is 11.8 Å². The van der Waals surface area contributed by atoms with Gasteiger partial charge in [0.25, 0.3) is 0 Å². The fraction of sp³-hybridized carbons (Fsp3) is 0.316. The molecule has 1 heterocycles. The number of hydrogen-bond acceptors (Lipinski definition) is 1. The van der Waals surface area contributed by atoms with Crippen LogP contribution in [0.25, 0.3) is 0 Å². The molecular weight excluding hydrogens is 468 g/mol. The van der Waals surface area contributed by atoms with Gasteiger partial charge in [0.15, 0.2) is 5.96 Å². The quantitative estimate of drug-likeness (QED) is 0.308. The number of hydrogen-bond donors (Lipinski definition) is 1. The van der Waals surface area contributed by atoms with Crippen molar-refractivity contribution in [2.45, 2.75) is 12.7 Å². The zero-order valence-corrected chi connectivity index (χ0v) is 17.7. The van der Waals surface area contributed by atoms with Crippen LogP contribution >= 0.6 is 24.0 Å². The Hall–Kier alpha value is -2.15. The van der Waals surface area contributed by atoms with Crippen LogP contribution in [0.4, 0.5) is 13.2 Å². The SMILES string of the molecule is CN=C(NCC#Cc1cccc(C(F)(F)F)c1)N(C)Cc1cccn1C.I. The standard InChI is InChI=1S/C19H21F3N4.HI/c1-23-18(26(3)14-17-10-6-12-25(17)2)24-11-5-8-15-7-4-9-16(13-15)19(20,21)22;/h4,6-7,9-10,12-13H,11,14H2,1-3H3,(H,23,24);1H. The number of nitrogens with zero attached hydrogens (tertiary/aromatic N) is 3. The molecule has 0 saturated carbocycles. The largest absolute Gasteiger partial charge is 0.416 e. The zero-order valence-electron chi connectivity index (χ0n) is 15.3. The van der Waals surface area contributed by atoms with Crippen LogP contribution in [0.5, 0.6) is 0 Å². The van der Waals surface area contributed by atoms with E-state index in [-0.39, 0.29) is 30.5 Å². The average Bonchev–Trinajstić information content (AvgIpc) is 2.99. The predicted octanol–water partition coefficient (Wildman–Crippen LogP) is 3.72. The highest BCUT2D eigenvalue weighted by Gasteiger charge is 2.30. The summed E-state index contributed by atoms with van der Waals surface area (Å²) in [6.07, 6.45) is -2.39. The number of rotatable bonds is 3. The maximum absolute atomic E-state index is 12.7. The van der Waals surface area contributed by atoms with E-state index in [1.807, 2.05) is 41.9 Å².